The zero-order chi connectivity index (χ0) is 28.7. The topological polar surface area (TPSA) is 136 Å². The number of rotatable bonds is 6. The van der Waals surface area contributed by atoms with Crippen LogP contribution in [0.3, 0.4) is 0 Å². The summed E-state index contributed by atoms with van der Waals surface area (Å²) in [6, 6.07) is 9.86. The fourth-order valence-electron chi connectivity index (χ4n) is 5.87. The summed E-state index contributed by atoms with van der Waals surface area (Å²) in [6.07, 6.45) is 4.66. The highest BCUT2D eigenvalue weighted by molar-refractivity contribution is 6.06. The van der Waals surface area contributed by atoms with Gasteiger partial charge in [-0.3, -0.25) is 9.69 Å². The van der Waals surface area contributed by atoms with E-state index in [0.29, 0.717) is 47.8 Å². The van der Waals surface area contributed by atoms with Crippen LogP contribution in [0.4, 0.5) is 10.6 Å². The zero-order valence-corrected chi connectivity index (χ0v) is 23.8. The third-order valence-corrected chi connectivity index (χ3v) is 7.76. The van der Waals surface area contributed by atoms with Gasteiger partial charge in [-0.05, 0) is 45.2 Å². The number of morpholine rings is 1. The Bertz CT molecular complexity index is 1440. The van der Waals surface area contributed by atoms with E-state index in [1.54, 1.807) is 11.0 Å². The molecule has 216 valence electrons. The molecule has 0 spiro atoms. The second kappa shape index (κ2) is 10.9. The van der Waals surface area contributed by atoms with Crippen molar-refractivity contribution in [3.8, 4) is 11.3 Å². The number of ether oxygens (including phenoxy) is 2. The summed E-state index contributed by atoms with van der Waals surface area (Å²) in [4.78, 5) is 43.0. The number of nitrogens with two attached hydrogens (primary N) is 1. The average Bonchev–Trinajstić information content (AvgIpc) is 2.92. The van der Waals surface area contributed by atoms with Crippen molar-refractivity contribution in [2.24, 2.45) is 5.73 Å². The van der Waals surface area contributed by atoms with Crippen LogP contribution in [0.1, 0.15) is 56.0 Å². The van der Waals surface area contributed by atoms with Crippen LogP contribution in [0.5, 0.6) is 0 Å². The van der Waals surface area contributed by atoms with Crippen molar-refractivity contribution in [3.63, 3.8) is 0 Å². The maximum Gasteiger partial charge on any atom is 0.410 e. The highest BCUT2D eigenvalue weighted by Gasteiger charge is 2.38. The third kappa shape index (κ3) is 6.11. The summed E-state index contributed by atoms with van der Waals surface area (Å²) in [5.74, 6) is -0.0857. The number of carbonyl (C=O) groups is 2. The molecule has 3 aromatic rings. The molecule has 3 atom stereocenters. The molecular weight excluding hydrogens is 522 g/mol. The lowest BCUT2D eigenvalue weighted by Crippen LogP contribution is -2.56. The van der Waals surface area contributed by atoms with Gasteiger partial charge in [0.2, 0.25) is 0 Å². The van der Waals surface area contributed by atoms with E-state index in [1.165, 1.54) is 18.3 Å². The van der Waals surface area contributed by atoms with Crippen molar-refractivity contribution in [2.45, 2.75) is 70.4 Å². The molecule has 2 aromatic heterocycles. The number of fused-ring (bicyclic) bond motifs is 3. The Morgan fingerprint density at radius 2 is 1.83 bits per heavy atom. The predicted octanol–water partition coefficient (Wildman–Crippen LogP) is 3.58. The molecule has 0 aliphatic carbocycles. The fourth-order valence-corrected chi connectivity index (χ4v) is 5.87. The molecule has 4 aliphatic heterocycles. The second-order valence-corrected chi connectivity index (χ2v) is 12.3. The minimum Gasteiger partial charge on any atom is -0.444 e. The van der Waals surface area contributed by atoms with Crippen LogP contribution < -0.4 is 11.1 Å². The minimum absolute atomic E-state index is 0.0673. The van der Waals surface area contributed by atoms with E-state index >= 15 is 0 Å². The van der Waals surface area contributed by atoms with Gasteiger partial charge in [-0.2, -0.15) is 0 Å². The fraction of sp³-hybridized carbons (Fsp3) is 0.500. The summed E-state index contributed by atoms with van der Waals surface area (Å²) >= 11 is 0. The average molecular weight is 560 g/mol. The van der Waals surface area contributed by atoms with Gasteiger partial charge in [0.05, 0.1) is 23.5 Å². The lowest BCUT2D eigenvalue weighted by Gasteiger charge is -2.47. The summed E-state index contributed by atoms with van der Waals surface area (Å²) in [7, 11) is 0. The van der Waals surface area contributed by atoms with E-state index in [1.807, 2.05) is 32.9 Å². The normalized spacial score (nSPS) is 22.7. The molecule has 0 saturated carbocycles. The van der Waals surface area contributed by atoms with Gasteiger partial charge in [0.25, 0.3) is 5.91 Å². The maximum absolute atomic E-state index is 12.7. The molecule has 41 heavy (non-hydrogen) atoms. The van der Waals surface area contributed by atoms with Gasteiger partial charge in [0.1, 0.15) is 23.0 Å². The lowest BCUT2D eigenvalue weighted by atomic mass is 9.98. The van der Waals surface area contributed by atoms with Crippen molar-refractivity contribution >= 4 is 28.9 Å². The Morgan fingerprint density at radius 3 is 2.51 bits per heavy atom. The molecule has 4 fully saturated rings. The van der Waals surface area contributed by atoms with E-state index in [-0.39, 0.29) is 17.7 Å². The van der Waals surface area contributed by atoms with Crippen molar-refractivity contribution in [1.82, 2.24) is 24.8 Å². The first-order valence-corrected chi connectivity index (χ1v) is 14.3. The second-order valence-electron chi connectivity index (χ2n) is 12.3. The largest absolute Gasteiger partial charge is 0.444 e. The number of hydrogen-bond acceptors (Lipinski definition) is 9. The molecule has 2 unspecified atom stereocenters. The van der Waals surface area contributed by atoms with Gasteiger partial charge in [-0.1, -0.05) is 24.3 Å². The summed E-state index contributed by atoms with van der Waals surface area (Å²) < 4.78 is 11.3. The number of hydrogen-bond donors (Lipinski definition) is 2. The molecule has 2 amide bonds. The van der Waals surface area contributed by atoms with Gasteiger partial charge in [0, 0.05) is 50.7 Å². The number of piperidine rings is 2. The Balaban J connectivity index is 1.24. The molecule has 4 aliphatic rings. The molecule has 6 heterocycles. The van der Waals surface area contributed by atoms with Crippen LogP contribution in [0, 0.1) is 0 Å². The molecule has 2 bridgehead atoms. The van der Waals surface area contributed by atoms with Crippen LogP contribution in [0.25, 0.3) is 22.3 Å². The molecule has 11 heteroatoms. The van der Waals surface area contributed by atoms with Crippen molar-refractivity contribution in [1.29, 1.82) is 0 Å². The highest BCUT2D eigenvalue weighted by Crippen LogP contribution is 2.30. The maximum atomic E-state index is 12.7. The first-order valence-electron chi connectivity index (χ1n) is 14.3. The third-order valence-electron chi connectivity index (χ3n) is 7.76. The first kappa shape index (κ1) is 27.3. The minimum atomic E-state index is -0.584. The Hall–Kier alpha value is -3.83. The van der Waals surface area contributed by atoms with Crippen molar-refractivity contribution < 1.29 is 19.1 Å². The SMILES string of the molecule is CC(C)(C)OC(=O)N1CCC[C@H](Nc2ncnc3c(C(N)=O)cc(-c4ccc(CN5CC6CC(C5)O6)cc4)nc23)C1. The number of nitrogens with one attached hydrogen (secondary N) is 1. The Labute approximate surface area is 239 Å². The number of nitrogens with zero attached hydrogens (tertiary/aromatic N) is 5. The lowest BCUT2D eigenvalue weighted by molar-refractivity contribution is -0.182. The Morgan fingerprint density at radius 1 is 1.10 bits per heavy atom. The van der Waals surface area contributed by atoms with Crippen LogP contribution in [0.15, 0.2) is 36.7 Å². The number of likely N-dealkylation sites (tertiary alicyclic amines) is 1. The number of benzene rings is 1. The first-order chi connectivity index (χ1) is 19.6. The smallest absolute Gasteiger partial charge is 0.410 e. The van der Waals surface area contributed by atoms with E-state index in [4.69, 9.17) is 20.2 Å². The molecule has 1 aromatic carbocycles. The number of carbonyl (C=O) groups excluding carboxylic acids is 2. The van der Waals surface area contributed by atoms with Gasteiger partial charge in [-0.15, -0.1) is 0 Å². The van der Waals surface area contributed by atoms with Gasteiger partial charge in [0.15, 0.2) is 5.82 Å². The van der Waals surface area contributed by atoms with Gasteiger partial charge in [-0.25, -0.2) is 19.7 Å². The summed E-state index contributed by atoms with van der Waals surface area (Å²) in [5.41, 5.74) is 9.05. The van der Waals surface area contributed by atoms with Gasteiger partial charge < -0.3 is 25.4 Å². The molecular formula is C30H37N7O4. The highest BCUT2D eigenvalue weighted by atomic mass is 16.6. The van der Waals surface area contributed by atoms with E-state index < -0.39 is 11.5 Å². The summed E-state index contributed by atoms with van der Waals surface area (Å²) in [6.45, 7) is 9.49. The number of amides is 2. The number of pyridine rings is 1. The number of anilines is 1. The van der Waals surface area contributed by atoms with Crippen LogP contribution >= 0.6 is 0 Å². The molecule has 3 N–H and O–H groups in total. The quantitative estimate of drug-likeness (QED) is 0.464. The monoisotopic (exact) mass is 559 g/mol. The van der Waals surface area contributed by atoms with Crippen molar-refractivity contribution in [3.05, 3.63) is 47.8 Å². The molecule has 4 saturated heterocycles. The standard InChI is InChI=1S/C30H37N7O4/c1-30(2,3)41-29(39)37-10-4-5-20(14-37)34-28-26-25(32-17-33-28)23(27(31)38)12-24(35-26)19-8-6-18(7-9-19)13-36-15-21-11-22(16-36)40-21/h6-9,12,17,20-22H,4-5,10-11,13-16H2,1-3H3,(H2,31,38)(H,32,33,34)/t20-,21?,22?/m0/s1. The molecule has 11 nitrogen and oxygen atoms in total. The van der Waals surface area contributed by atoms with Crippen LogP contribution in [-0.4, -0.2) is 86.8 Å². The number of aromatic nitrogens is 3. The van der Waals surface area contributed by atoms with Gasteiger partial charge >= 0.3 is 6.09 Å². The Kier molecular flexibility index (Phi) is 7.25. The molecule has 7 rings (SSSR count). The predicted molar refractivity (Wildman–Crippen MR) is 154 cm³/mol. The van der Waals surface area contributed by atoms with Crippen LogP contribution in [-0.2, 0) is 16.0 Å². The van der Waals surface area contributed by atoms with E-state index in [9.17, 15) is 9.59 Å². The van der Waals surface area contributed by atoms with Crippen LogP contribution in [0.2, 0.25) is 0 Å². The van der Waals surface area contributed by atoms with E-state index in [0.717, 1.165) is 38.0 Å². The summed E-state index contributed by atoms with van der Waals surface area (Å²) in [5, 5.41) is 3.45. The van der Waals surface area contributed by atoms with Crippen molar-refractivity contribution in [2.75, 3.05) is 31.5 Å². The zero-order valence-electron chi connectivity index (χ0n) is 23.8. The van der Waals surface area contributed by atoms with E-state index in [2.05, 4.69) is 32.3 Å². The molecule has 0 radical (unpaired) electrons. The number of primary amides is 1.